The minimum absolute atomic E-state index is 0.235. The molecule has 1 aliphatic carbocycles. The Labute approximate surface area is 85.8 Å². The second-order valence-corrected chi connectivity index (χ2v) is 4.51. The fourth-order valence-corrected chi connectivity index (χ4v) is 1.64. The molecule has 3 heteroatoms. The first-order valence-corrected chi connectivity index (χ1v) is 5.25. The number of hydrogen-bond donors (Lipinski definition) is 0. The van der Waals surface area contributed by atoms with Crippen LogP contribution in [0.25, 0.3) is 0 Å². The van der Waals surface area contributed by atoms with Gasteiger partial charge in [-0.1, -0.05) is 13.8 Å². The summed E-state index contributed by atoms with van der Waals surface area (Å²) in [6.07, 6.45) is 3.60. The van der Waals surface area contributed by atoms with Gasteiger partial charge in [0.15, 0.2) is 0 Å². The molecule has 1 rings (SSSR count). The predicted octanol–water partition coefficient (Wildman–Crippen LogP) is 3.29. The summed E-state index contributed by atoms with van der Waals surface area (Å²) < 4.78 is 10.1. The van der Waals surface area contributed by atoms with Crippen LogP contribution in [0.1, 0.15) is 46.5 Å². The van der Waals surface area contributed by atoms with Crippen molar-refractivity contribution < 1.29 is 14.3 Å². The van der Waals surface area contributed by atoms with Gasteiger partial charge in [-0.2, -0.15) is 0 Å². The van der Waals surface area contributed by atoms with Gasteiger partial charge in [-0.05, 0) is 38.5 Å². The Morgan fingerprint density at radius 3 is 2.43 bits per heavy atom. The van der Waals surface area contributed by atoms with Gasteiger partial charge in [-0.15, -0.1) is 0 Å². The van der Waals surface area contributed by atoms with Crippen molar-refractivity contribution in [3.63, 3.8) is 0 Å². The van der Waals surface area contributed by atoms with Gasteiger partial charge >= 0.3 is 6.16 Å². The fourth-order valence-electron chi connectivity index (χ4n) is 1.64. The van der Waals surface area contributed by atoms with Crippen LogP contribution in [-0.2, 0) is 9.47 Å². The highest BCUT2D eigenvalue weighted by molar-refractivity contribution is 5.61. The maximum absolute atomic E-state index is 11.2. The summed E-state index contributed by atoms with van der Waals surface area (Å²) in [4.78, 5) is 11.2. The number of rotatable bonds is 3. The molecular weight excluding hydrogens is 180 g/mol. The quantitative estimate of drug-likeness (QED) is 0.654. The standard InChI is InChI=1S/C11H19O3/c1-9(2)8-13-10(12)14-11(3)6-4-5-7-11/h8-9H,4-7H2,1-3H3. The number of carbonyl (C=O) groups is 1. The van der Waals surface area contributed by atoms with Crippen molar-refractivity contribution >= 4 is 6.16 Å². The van der Waals surface area contributed by atoms with Crippen molar-refractivity contribution in [2.75, 3.05) is 0 Å². The zero-order valence-electron chi connectivity index (χ0n) is 9.21. The molecule has 0 bridgehead atoms. The molecule has 0 heterocycles. The third-order valence-corrected chi connectivity index (χ3v) is 2.43. The molecule has 3 nitrogen and oxygen atoms in total. The van der Waals surface area contributed by atoms with Crippen LogP contribution in [0.4, 0.5) is 4.79 Å². The van der Waals surface area contributed by atoms with E-state index in [0.29, 0.717) is 0 Å². The highest BCUT2D eigenvalue weighted by Crippen LogP contribution is 2.32. The average Bonchev–Trinajstić information content (AvgIpc) is 2.48. The van der Waals surface area contributed by atoms with E-state index < -0.39 is 6.16 Å². The highest BCUT2D eigenvalue weighted by Gasteiger charge is 2.33. The summed E-state index contributed by atoms with van der Waals surface area (Å²) in [7, 11) is 0. The molecule has 0 N–H and O–H groups in total. The van der Waals surface area contributed by atoms with Gasteiger partial charge in [0.25, 0.3) is 0 Å². The second-order valence-electron chi connectivity index (χ2n) is 4.51. The van der Waals surface area contributed by atoms with Crippen LogP contribution in [0.15, 0.2) is 0 Å². The SMILES string of the molecule is CC(C)[CH]OC(=O)OC1(C)CCCC1. The van der Waals surface area contributed by atoms with Crippen LogP contribution in [0.2, 0.25) is 0 Å². The molecule has 0 aliphatic heterocycles. The van der Waals surface area contributed by atoms with E-state index in [1.807, 2.05) is 20.8 Å². The van der Waals surface area contributed by atoms with Crippen LogP contribution in [0, 0.1) is 12.5 Å². The van der Waals surface area contributed by atoms with Gasteiger partial charge in [-0.3, -0.25) is 0 Å². The van der Waals surface area contributed by atoms with E-state index in [9.17, 15) is 4.79 Å². The molecule has 0 aromatic rings. The highest BCUT2D eigenvalue weighted by atomic mass is 16.7. The summed E-state index contributed by atoms with van der Waals surface area (Å²) in [6, 6.07) is 0. The minimum atomic E-state index is -0.567. The van der Waals surface area contributed by atoms with Crippen molar-refractivity contribution in [3.8, 4) is 0 Å². The molecule has 1 radical (unpaired) electrons. The van der Waals surface area contributed by atoms with E-state index in [4.69, 9.17) is 9.47 Å². The Morgan fingerprint density at radius 2 is 1.93 bits per heavy atom. The van der Waals surface area contributed by atoms with E-state index in [1.54, 1.807) is 0 Å². The Kier molecular flexibility index (Phi) is 3.78. The molecule has 0 spiro atoms. The first kappa shape index (κ1) is 11.3. The van der Waals surface area contributed by atoms with E-state index >= 15 is 0 Å². The lowest BCUT2D eigenvalue weighted by atomic mass is 10.1. The van der Waals surface area contributed by atoms with Gasteiger partial charge < -0.3 is 9.47 Å². The van der Waals surface area contributed by atoms with Crippen LogP contribution in [0.5, 0.6) is 0 Å². The average molecular weight is 199 g/mol. The summed E-state index contributed by atoms with van der Waals surface area (Å²) in [5, 5.41) is 0. The van der Waals surface area contributed by atoms with Gasteiger partial charge in [0.2, 0.25) is 0 Å². The van der Waals surface area contributed by atoms with Crippen molar-refractivity contribution in [1.82, 2.24) is 0 Å². The molecule has 0 aromatic carbocycles. The Balaban J connectivity index is 2.25. The molecule has 0 atom stereocenters. The number of ether oxygens (including phenoxy) is 2. The normalized spacial score (nSPS) is 19.7. The van der Waals surface area contributed by atoms with Crippen molar-refractivity contribution in [2.24, 2.45) is 5.92 Å². The first-order valence-electron chi connectivity index (χ1n) is 5.25. The monoisotopic (exact) mass is 199 g/mol. The second kappa shape index (κ2) is 4.67. The zero-order valence-corrected chi connectivity index (χ0v) is 9.21. The number of hydrogen-bond acceptors (Lipinski definition) is 3. The van der Waals surface area contributed by atoms with Crippen LogP contribution in [0.3, 0.4) is 0 Å². The molecule has 0 saturated heterocycles. The lowest BCUT2D eigenvalue weighted by molar-refractivity contribution is -0.0148. The lowest BCUT2D eigenvalue weighted by Crippen LogP contribution is -2.28. The lowest BCUT2D eigenvalue weighted by Gasteiger charge is -2.23. The topological polar surface area (TPSA) is 35.5 Å². The zero-order chi connectivity index (χ0) is 10.6. The third kappa shape index (κ3) is 3.56. The first-order chi connectivity index (χ1) is 6.52. The fraction of sp³-hybridized carbons (Fsp3) is 0.818. The van der Waals surface area contributed by atoms with Crippen LogP contribution in [-0.4, -0.2) is 11.8 Å². The van der Waals surface area contributed by atoms with E-state index in [-0.39, 0.29) is 11.5 Å². The molecule has 14 heavy (non-hydrogen) atoms. The third-order valence-electron chi connectivity index (χ3n) is 2.43. The molecule has 81 valence electrons. The Hall–Kier alpha value is -0.730. The Morgan fingerprint density at radius 1 is 1.36 bits per heavy atom. The maximum atomic E-state index is 11.2. The van der Waals surface area contributed by atoms with Gasteiger partial charge in [0.05, 0.1) is 0 Å². The molecular formula is C11H19O3. The predicted molar refractivity (Wildman–Crippen MR) is 53.6 cm³/mol. The van der Waals surface area contributed by atoms with E-state index in [0.717, 1.165) is 25.7 Å². The van der Waals surface area contributed by atoms with Gasteiger partial charge in [-0.25, -0.2) is 4.79 Å². The van der Waals surface area contributed by atoms with Crippen LogP contribution >= 0.6 is 0 Å². The van der Waals surface area contributed by atoms with E-state index in [1.165, 1.54) is 6.61 Å². The summed E-state index contributed by atoms with van der Waals surface area (Å²) in [5.41, 5.74) is -0.290. The smallest absolute Gasteiger partial charge is 0.428 e. The molecule has 0 aromatic heterocycles. The van der Waals surface area contributed by atoms with Crippen molar-refractivity contribution in [3.05, 3.63) is 6.61 Å². The Bertz CT molecular complexity index is 193. The molecule has 1 fully saturated rings. The van der Waals surface area contributed by atoms with Crippen molar-refractivity contribution in [1.29, 1.82) is 0 Å². The van der Waals surface area contributed by atoms with Gasteiger partial charge in [0.1, 0.15) is 12.2 Å². The molecule has 1 saturated carbocycles. The molecule has 0 unspecified atom stereocenters. The summed E-state index contributed by atoms with van der Waals surface area (Å²) in [5.74, 6) is 0.235. The summed E-state index contributed by atoms with van der Waals surface area (Å²) in [6.45, 7) is 7.37. The largest absolute Gasteiger partial charge is 0.509 e. The van der Waals surface area contributed by atoms with Crippen molar-refractivity contribution in [2.45, 2.75) is 52.1 Å². The van der Waals surface area contributed by atoms with E-state index in [2.05, 4.69) is 0 Å². The maximum Gasteiger partial charge on any atom is 0.509 e. The molecule has 1 aliphatic rings. The molecule has 0 amide bonds. The minimum Gasteiger partial charge on any atom is -0.428 e. The van der Waals surface area contributed by atoms with Crippen LogP contribution < -0.4 is 0 Å². The van der Waals surface area contributed by atoms with Gasteiger partial charge in [0, 0.05) is 0 Å². The summed E-state index contributed by atoms with van der Waals surface area (Å²) >= 11 is 0. The number of carbonyl (C=O) groups excluding carboxylic acids is 1.